The van der Waals surface area contributed by atoms with Gasteiger partial charge in [-0.05, 0) is 29.8 Å². The Morgan fingerprint density at radius 3 is 2.75 bits per heavy atom. The molecule has 4 heteroatoms. The van der Waals surface area contributed by atoms with E-state index in [9.17, 15) is 0 Å². The highest BCUT2D eigenvalue weighted by molar-refractivity contribution is 7.99. The van der Waals surface area contributed by atoms with E-state index in [0.29, 0.717) is 5.56 Å². The molecule has 0 aliphatic carbocycles. The molecule has 20 heavy (non-hydrogen) atoms. The lowest BCUT2D eigenvalue weighted by atomic mass is 10.1. The molecule has 2 aromatic carbocycles. The van der Waals surface area contributed by atoms with Gasteiger partial charge < -0.3 is 4.57 Å². The third kappa shape index (κ3) is 1.64. The van der Waals surface area contributed by atoms with Crippen LogP contribution in [0.3, 0.4) is 0 Å². The molecule has 0 saturated carbocycles. The van der Waals surface area contributed by atoms with Crippen molar-refractivity contribution in [3.63, 3.8) is 0 Å². The van der Waals surface area contributed by atoms with Gasteiger partial charge in [-0.2, -0.15) is 5.26 Å². The van der Waals surface area contributed by atoms with Crippen LogP contribution in [0.15, 0.2) is 48.5 Å². The molecule has 4 rings (SSSR count). The number of rotatable bonds is 1. The monoisotopic (exact) mass is 277 g/mol. The molecule has 0 spiro atoms. The van der Waals surface area contributed by atoms with Crippen molar-refractivity contribution in [2.75, 3.05) is 0 Å². The lowest BCUT2D eigenvalue weighted by Crippen LogP contribution is -2.03. The average molecular weight is 277 g/mol. The van der Waals surface area contributed by atoms with Gasteiger partial charge in [0.25, 0.3) is 0 Å². The fraction of sp³-hybridized carbons (Fsp3) is 0.125. The lowest BCUT2D eigenvalue weighted by Gasteiger charge is -2.14. The summed E-state index contributed by atoms with van der Waals surface area (Å²) in [5.74, 6) is 2.06. The van der Waals surface area contributed by atoms with E-state index in [-0.39, 0.29) is 5.37 Å². The first-order valence-corrected chi connectivity index (χ1v) is 7.49. The standard InChI is InChI=1S/C16H11N3S/c17-9-11-5-7-12(8-6-11)16-19-14-4-2-1-3-13(14)18-15(19)10-20-16/h1-8,16H,10H2/t16-/m1/s1. The molecule has 0 bridgehead atoms. The van der Waals surface area contributed by atoms with Crippen LogP contribution in [0, 0.1) is 11.3 Å². The number of thioether (sulfide) groups is 1. The summed E-state index contributed by atoms with van der Waals surface area (Å²) in [4.78, 5) is 4.69. The molecule has 3 aromatic rings. The average Bonchev–Trinajstić information content (AvgIpc) is 3.06. The second-order valence-corrected chi connectivity index (χ2v) is 5.85. The zero-order valence-electron chi connectivity index (χ0n) is 10.7. The van der Waals surface area contributed by atoms with E-state index in [0.717, 1.165) is 17.1 Å². The van der Waals surface area contributed by atoms with E-state index in [4.69, 9.17) is 10.2 Å². The molecule has 96 valence electrons. The van der Waals surface area contributed by atoms with Gasteiger partial charge in [-0.25, -0.2) is 4.98 Å². The summed E-state index contributed by atoms with van der Waals surface area (Å²) in [5.41, 5.74) is 4.16. The minimum Gasteiger partial charge on any atom is -0.310 e. The minimum atomic E-state index is 0.255. The quantitative estimate of drug-likeness (QED) is 0.681. The number of hydrogen-bond donors (Lipinski definition) is 0. The van der Waals surface area contributed by atoms with Crippen LogP contribution in [0.4, 0.5) is 0 Å². The first kappa shape index (κ1) is 11.6. The molecular weight excluding hydrogens is 266 g/mol. The fourth-order valence-electron chi connectivity index (χ4n) is 2.65. The number of nitrogens with zero attached hydrogens (tertiary/aromatic N) is 3. The summed E-state index contributed by atoms with van der Waals surface area (Å²) in [6.07, 6.45) is 0. The maximum atomic E-state index is 8.89. The van der Waals surface area contributed by atoms with Crippen LogP contribution in [0.1, 0.15) is 22.3 Å². The van der Waals surface area contributed by atoms with E-state index in [1.165, 1.54) is 11.1 Å². The number of para-hydroxylation sites is 2. The molecule has 1 atom stereocenters. The summed E-state index contributed by atoms with van der Waals surface area (Å²) in [5, 5.41) is 9.14. The van der Waals surface area contributed by atoms with E-state index < -0.39 is 0 Å². The Kier molecular flexibility index (Phi) is 2.54. The molecule has 1 aliphatic heterocycles. The van der Waals surface area contributed by atoms with Crippen LogP contribution >= 0.6 is 11.8 Å². The van der Waals surface area contributed by atoms with Gasteiger partial charge in [-0.15, -0.1) is 11.8 Å². The van der Waals surface area contributed by atoms with Gasteiger partial charge in [0.2, 0.25) is 0 Å². The summed E-state index contributed by atoms with van der Waals surface area (Å²) in [6, 6.07) is 18.3. The maximum Gasteiger partial charge on any atom is 0.121 e. The van der Waals surface area contributed by atoms with Gasteiger partial charge in [-0.3, -0.25) is 0 Å². The van der Waals surface area contributed by atoms with E-state index in [1.807, 2.05) is 42.1 Å². The SMILES string of the molecule is N#Cc1ccc([C@H]2SCc3nc4ccccc4n32)cc1. The second kappa shape index (κ2) is 4.39. The van der Waals surface area contributed by atoms with Crippen LogP contribution in [0.25, 0.3) is 11.0 Å². The predicted octanol–water partition coefficient (Wildman–Crippen LogP) is 3.70. The maximum absolute atomic E-state index is 8.89. The Morgan fingerprint density at radius 2 is 1.95 bits per heavy atom. The lowest BCUT2D eigenvalue weighted by molar-refractivity contribution is 0.794. The van der Waals surface area contributed by atoms with Crippen LogP contribution in [0.5, 0.6) is 0 Å². The van der Waals surface area contributed by atoms with Gasteiger partial charge in [-0.1, -0.05) is 24.3 Å². The Hall–Kier alpha value is -2.25. The third-order valence-electron chi connectivity index (χ3n) is 3.60. The van der Waals surface area contributed by atoms with E-state index in [1.54, 1.807) is 0 Å². The van der Waals surface area contributed by atoms with Crippen LogP contribution < -0.4 is 0 Å². The van der Waals surface area contributed by atoms with Crippen molar-refractivity contribution < 1.29 is 0 Å². The van der Waals surface area contributed by atoms with E-state index in [2.05, 4.69) is 28.8 Å². The summed E-state index contributed by atoms with van der Waals surface area (Å²) in [7, 11) is 0. The number of aromatic nitrogens is 2. The molecule has 0 unspecified atom stereocenters. The highest BCUT2D eigenvalue weighted by Crippen LogP contribution is 2.42. The summed E-state index contributed by atoms with van der Waals surface area (Å²) >= 11 is 1.88. The van der Waals surface area contributed by atoms with Crippen LogP contribution in [-0.4, -0.2) is 9.55 Å². The van der Waals surface area contributed by atoms with Crippen molar-refractivity contribution in [2.24, 2.45) is 0 Å². The van der Waals surface area contributed by atoms with Crippen LogP contribution in [-0.2, 0) is 5.75 Å². The third-order valence-corrected chi connectivity index (χ3v) is 4.82. The zero-order valence-corrected chi connectivity index (χ0v) is 11.5. The number of fused-ring (bicyclic) bond motifs is 3. The van der Waals surface area contributed by atoms with Crippen molar-refractivity contribution in [2.45, 2.75) is 11.1 Å². The molecule has 0 saturated heterocycles. The van der Waals surface area contributed by atoms with Crippen molar-refractivity contribution >= 4 is 22.8 Å². The van der Waals surface area contributed by atoms with Crippen molar-refractivity contribution in [1.82, 2.24) is 9.55 Å². The van der Waals surface area contributed by atoms with Gasteiger partial charge in [0.05, 0.1) is 28.4 Å². The normalized spacial score (nSPS) is 17.1. The predicted molar refractivity (Wildman–Crippen MR) is 80.3 cm³/mol. The highest BCUT2D eigenvalue weighted by atomic mass is 32.2. The minimum absolute atomic E-state index is 0.255. The first-order chi connectivity index (χ1) is 9.86. The molecule has 0 amide bonds. The van der Waals surface area contributed by atoms with Crippen LogP contribution in [0.2, 0.25) is 0 Å². The second-order valence-electron chi connectivity index (χ2n) is 4.78. The number of imidazole rings is 1. The largest absolute Gasteiger partial charge is 0.310 e. The molecule has 1 aromatic heterocycles. The Bertz CT molecular complexity index is 827. The molecule has 2 heterocycles. The zero-order chi connectivity index (χ0) is 13.5. The van der Waals surface area contributed by atoms with Gasteiger partial charge in [0.1, 0.15) is 11.2 Å². The number of benzene rings is 2. The topological polar surface area (TPSA) is 41.6 Å². The van der Waals surface area contributed by atoms with Gasteiger partial charge in [0.15, 0.2) is 0 Å². The number of nitriles is 1. The highest BCUT2D eigenvalue weighted by Gasteiger charge is 2.27. The Balaban J connectivity index is 1.85. The fourth-order valence-corrected chi connectivity index (χ4v) is 3.90. The van der Waals surface area contributed by atoms with Gasteiger partial charge in [0, 0.05) is 0 Å². The molecule has 0 fully saturated rings. The Morgan fingerprint density at radius 1 is 1.15 bits per heavy atom. The van der Waals surface area contributed by atoms with Crippen molar-refractivity contribution in [3.05, 3.63) is 65.5 Å². The van der Waals surface area contributed by atoms with E-state index >= 15 is 0 Å². The smallest absolute Gasteiger partial charge is 0.121 e. The number of hydrogen-bond acceptors (Lipinski definition) is 3. The first-order valence-electron chi connectivity index (χ1n) is 6.44. The molecule has 0 N–H and O–H groups in total. The molecule has 3 nitrogen and oxygen atoms in total. The molecule has 1 aliphatic rings. The van der Waals surface area contributed by atoms with Gasteiger partial charge >= 0.3 is 0 Å². The Labute approximate surface area is 120 Å². The van der Waals surface area contributed by atoms with Crippen molar-refractivity contribution in [3.8, 4) is 6.07 Å². The molecule has 0 radical (unpaired) electrons. The summed E-state index contributed by atoms with van der Waals surface area (Å²) < 4.78 is 2.31. The molecular formula is C16H11N3S. The van der Waals surface area contributed by atoms with Crippen molar-refractivity contribution in [1.29, 1.82) is 5.26 Å². The summed E-state index contributed by atoms with van der Waals surface area (Å²) in [6.45, 7) is 0.